The third-order valence-electron chi connectivity index (χ3n) is 5.51. The zero-order valence-corrected chi connectivity index (χ0v) is 19.0. The number of rotatable bonds is 5. The van der Waals surface area contributed by atoms with Crippen LogP contribution in [0.2, 0.25) is 0 Å². The predicted octanol–water partition coefficient (Wildman–Crippen LogP) is 4.79. The van der Waals surface area contributed by atoms with Crippen LogP contribution in [-0.4, -0.2) is 38.1 Å². The largest absolute Gasteiger partial charge is 0.487 e. The molecule has 1 N–H and O–H groups in total. The van der Waals surface area contributed by atoms with Gasteiger partial charge in [0, 0.05) is 17.6 Å². The number of amidine groups is 2. The number of aliphatic imine (C=N–C) groups is 1. The van der Waals surface area contributed by atoms with Crippen LogP contribution in [-0.2, 0) is 4.79 Å². The Labute approximate surface area is 195 Å². The van der Waals surface area contributed by atoms with Crippen LogP contribution >= 0.6 is 11.8 Å². The van der Waals surface area contributed by atoms with E-state index in [1.807, 2.05) is 65.4 Å². The normalized spacial score (nSPS) is 16.7. The van der Waals surface area contributed by atoms with Crippen LogP contribution in [0.5, 0.6) is 5.75 Å². The van der Waals surface area contributed by atoms with E-state index in [9.17, 15) is 4.79 Å². The highest BCUT2D eigenvalue weighted by atomic mass is 32.2. The summed E-state index contributed by atoms with van der Waals surface area (Å²) in [6.07, 6.45) is 3.65. The molecule has 0 radical (unpaired) electrons. The molecule has 0 bridgehead atoms. The minimum absolute atomic E-state index is 0.000857. The lowest BCUT2D eigenvalue weighted by Gasteiger charge is -2.20. The third kappa shape index (κ3) is 4.01. The summed E-state index contributed by atoms with van der Waals surface area (Å²) in [5.41, 5.74) is 4.35. The van der Waals surface area contributed by atoms with Crippen LogP contribution in [0.25, 0.3) is 11.8 Å². The highest BCUT2D eigenvalue weighted by Gasteiger charge is 2.36. The van der Waals surface area contributed by atoms with Crippen molar-refractivity contribution in [3.8, 4) is 11.4 Å². The summed E-state index contributed by atoms with van der Waals surface area (Å²) in [5.74, 6) is 0.278. The molecule has 7 nitrogen and oxygen atoms in total. The highest BCUT2D eigenvalue weighted by molar-refractivity contribution is 8.27. The number of amides is 1. The Balaban J connectivity index is 1.41. The lowest BCUT2D eigenvalue weighted by Crippen LogP contribution is -2.35. The first-order chi connectivity index (χ1) is 16.0. The van der Waals surface area contributed by atoms with Crippen molar-refractivity contribution in [1.82, 2.24) is 9.58 Å². The number of hydrogen-bond acceptors (Lipinski definition) is 5. The van der Waals surface area contributed by atoms with Gasteiger partial charge in [0.2, 0.25) is 5.17 Å². The van der Waals surface area contributed by atoms with Crippen molar-refractivity contribution < 1.29 is 9.53 Å². The molecule has 0 saturated carbocycles. The third-order valence-corrected chi connectivity index (χ3v) is 6.39. The van der Waals surface area contributed by atoms with Gasteiger partial charge in [-0.2, -0.15) is 15.1 Å². The summed E-state index contributed by atoms with van der Waals surface area (Å²) in [7, 11) is 0. The molecular weight excluding hydrogens is 434 g/mol. The van der Waals surface area contributed by atoms with Gasteiger partial charge in [0.25, 0.3) is 5.91 Å². The lowest BCUT2D eigenvalue weighted by atomic mass is 10.1. The lowest BCUT2D eigenvalue weighted by molar-refractivity contribution is -0.114. The fourth-order valence-electron chi connectivity index (χ4n) is 3.63. The molecule has 164 valence electrons. The summed E-state index contributed by atoms with van der Waals surface area (Å²) in [6.45, 7) is 4.38. The number of nitrogens with zero attached hydrogens (tertiary/aromatic N) is 4. The maximum absolute atomic E-state index is 12.8. The second-order valence-corrected chi connectivity index (χ2v) is 8.68. The van der Waals surface area contributed by atoms with Crippen molar-refractivity contribution in [2.45, 2.75) is 13.8 Å². The van der Waals surface area contributed by atoms with Gasteiger partial charge in [0.05, 0.1) is 5.57 Å². The Morgan fingerprint density at radius 3 is 2.70 bits per heavy atom. The second-order valence-electron chi connectivity index (χ2n) is 7.64. The molecule has 1 aromatic heterocycles. The van der Waals surface area contributed by atoms with Gasteiger partial charge in [-0.05, 0) is 73.1 Å². The maximum atomic E-state index is 12.8. The minimum Gasteiger partial charge on any atom is -0.487 e. The number of benzene rings is 2. The number of nitrogens with one attached hydrogen (secondary N) is 1. The molecule has 0 saturated heterocycles. The Bertz CT molecular complexity index is 1350. The molecule has 3 aromatic rings. The summed E-state index contributed by atoms with van der Waals surface area (Å²) in [5, 5.41) is 15.5. The van der Waals surface area contributed by atoms with E-state index >= 15 is 0 Å². The molecule has 0 aliphatic carbocycles. The Hall–Kier alpha value is -3.91. The quantitative estimate of drug-likeness (QED) is 0.561. The number of aryl methyl sites for hydroxylation is 1. The van der Waals surface area contributed by atoms with E-state index < -0.39 is 5.91 Å². The van der Waals surface area contributed by atoms with Gasteiger partial charge in [0.1, 0.15) is 17.4 Å². The number of carbonyl (C=O) groups is 1. The van der Waals surface area contributed by atoms with Crippen LogP contribution in [0.4, 0.5) is 0 Å². The molecule has 2 aromatic carbocycles. The van der Waals surface area contributed by atoms with Crippen LogP contribution in [0.1, 0.15) is 16.8 Å². The molecule has 2 aliphatic heterocycles. The van der Waals surface area contributed by atoms with Gasteiger partial charge in [-0.1, -0.05) is 30.3 Å². The second kappa shape index (κ2) is 8.55. The molecule has 5 rings (SSSR count). The van der Waals surface area contributed by atoms with E-state index in [0.29, 0.717) is 10.2 Å². The Morgan fingerprint density at radius 2 is 1.88 bits per heavy atom. The maximum Gasteiger partial charge on any atom is 0.283 e. The predicted molar refractivity (Wildman–Crippen MR) is 132 cm³/mol. The van der Waals surface area contributed by atoms with E-state index in [2.05, 4.69) is 30.0 Å². The number of para-hydroxylation sites is 1. The average molecular weight is 456 g/mol. The zero-order chi connectivity index (χ0) is 22.9. The first-order valence-corrected chi connectivity index (χ1v) is 11.2. The number of ether oxygens (including phenoxy) is 1. The van der Waals surface area contributed by atoms with Crippen molar-refractivity contribution in [3.05, 3.63) is 89.3 Å². The molecule has 0 atom stereocenters. The van der Waals surface area contributed by atoms with E-state index in [0.717, 1.165) is 22.7 Å². The van der Waals surface area contributed by atoms with Gasteiger partial charge in [-0.15, -0.1) is 0 Å². The van der Waals surface area contributed by atoms with E-state index in [-0.39, 0.29) is 18.0 Å². The summed E-state index contributed by atoms with van der Waals surface area (Å²) < 4.78 is 7.76. The van der Waals surface area contributed by atoms with Crippen LogP contribution in [0, 0.1) is 19.3 Å². The summed E-state index contributed by atoms with van der Waals surface area (Å²) in [4.78, 5) is 17.0. The Kier molecular flexibility index (Phi) is 5.43. The first-order valence-electron chi connectivity index (χ1n) is 10.4. The Morgan fingerprint density at radius 1 is 1.06 bits per heavy atom. The van der Waals surface area contributed by atoms with Crippen molar-refractivity contribution in [1.29, 1.82) is 5.41 Å². The van der Waals surface area contributed by atoms with Gasteiger partial charge in [0.15, 0.2) is 5.84 Å². The number of carbonyl (C=O) groups excluding carboxylic acids is 1. The van der Waals surface area contributed by atoms with Crippen molar-refractivity contribution in [2.75, 3.05) is 6.61 Å². The molecule has 2 aliphatic rings. The molecule has 0 unspecified atom stereocenters. The van der Waals surface area contributed by atoms with Gasteiger partial charge >= 0.3 is 0 Å². The minimum atomic E-state index is -0.451. The zero-order valence-electron chi connectivity index (χ0n) is 18.1. The molecule has 3 heterocycles. The van der Waals surface area contributed by atoms with Crippen LogP contribution < -0.4 is 4.74 Å². The fraction of sp³-hybridized carbons (Fsp3) is 0.120. The smallest absolute Gasteiger partial charge is 0.283 e. The molecule has 33 heavy (non-hydrogen) atoms. The SMILES string of the molecule is Cc1cccc(-n2cccc2/C=C2/C(=N)N3N=C(COc4ccccc4)SC3=NC2=O)c1C. The van der Waals surface area contributed by atoms with Crippen molar-refractivity contribution in [2.24, 2.45) is 10.1 Å². The molecular formula is C25H21N5O2S. The van der Waals surface area contributed by atoms with Gasteiger partial charge < -0.3 is 9.30 Å². The van der Waals surface area contributed by atoms with Gasteiger partial charge in [-0.3, -0.25) is 10.2 Å². The number of aromatic nitrogens is 1. The van der Waals surface area contributed by atoms with E-state index in [4.69, 9.17) is 10.1 Å². The summed E-state index contributed by atoms with van der Waals surface area (Å²) >= 11 is 1.24. The molecule has 0 spiro atoms. The van der Waals surface area contributed by atoms with Crippen LogP contribution in [0.15, 0.2) is 82.5 Å². The standard InChI is InChI=1S/C25H21N5O2S/c1-16-8-6-12-21(17(16)2)29-13-7-9-18(29)14-20-23(26)30-25(27-24(20)31)33-22(28-30)15-32-19-10-4-3-5-11-19/h3-14,26H,15H2,1-2H3/b20-14-,26-23?. The number of thioether (sulfide) groups is 1. The molecule has 0 fully saturated rings. The van der Waals surface area contributed by atoms with Crippen LogP contribution in [0.3, 0.4) is 0 Å². The average Bonchev–Trinajstić information content (AvgIpc) is 3.44. The molecule has 8 heteroatoms. The van der Waals surface area contributed by atoms with Crippen molar-refractivity contribution in [3.63, 3.8) is 0 Å². The number of hydrogen-bond donors (Lipinski definition) is 1. The first kappa shape index (κ1) is 21.0. The number of hydrazone groups is 1. The number of fused-ring (bicyclic) bond motifs is 1. The highest BCUT2D eigenvalue weighted by Crippen LogP contribution is 2.29. The van der Waals surface area contributed by atoms with Gasteiger partial charge in [-0.25, -0.2) is 0 Å². The van der Waals surface area contributed by atoms with Crippen molar-refractivity contribution >= 4 is 39.8 Å². The molecule has 1 amide bonds. The summed E-state index contributed by atoms with van der Waals surface area (Å²) in [6, 6.07) is 19.4. The van der Waals surface area contributed by atoms with E-state index in [1.165, 1.54) is 22.3 Å². The topological polar surface area (TPSA) is 83.0 Å². The monoisotopic (exact) mass is 455 g/mol. The fourth-order valence-corrected chi connectivity index (χ4v) is 4.43. The van der Waals surface area contributed by atoms with E-state index in [1.54, 1.807) is 6.08 Å².